The van der Waals surface area contributed by atoms with Crippen molar-refractivity contribution in [3.05, 3.63) is 65.8 Å². The molecule has 2 aromatic heterocycles. The molecule has 1 N–H and O–H groups in total. The highest BCUT2D eigenvalue weighted by Crippen LogP contribution is 2.41. The van der Waals surface area contributed by atoms with Crippen LogP contribution in [0.2, 0.25) is 0 Å². The van der Waals surface area contributed by atoms with E-state index >= 15 is 0 Å². The Labute approximate surface area is 167 Å². The first kappa shape index (κ1) is 20.0. The highest BCUT2D eigenvalue weighted by Gasteiger charge is 2.38. The molecule has 1 amide bonds. The zero-order chi connectivity index (χ0) is 21.3. The van der Waals surface area contributed by atoms with Gasteiger partial charge in [-0.2, -0.15) is 0 Å². The Morgan fingerprint density at radius 3 is 2.67 bits per heavy atom. The van der Waals surface area contributed by atoms with Crippen molar-refractivity contribution in [1.29, 1.82) is 0 Å². The van der Waals surface area contributed by atoms with E-state index in [2.05, 4.69) is 15.5 Å². The zero-order valence-electron chi connectivity index (χ0n) is 15.4. The van der Waals surface area contributed by atoms with Crippen molar-refractivity contribution >= 4 is 11.6 Å². The first-order chi connectivity index (χ1) is 14.3. The fourth-order valence-electron chi connectivity index (χ4n) is 3.23. The maximum absolute atomic E-state index is 14.5. The van der Waals surface area contributed by atoms with Crippen molar-refractivity contribution in [3.8, 4) is 11.1 Å². The number of nitrogens with zero attached hydrogens (tertiary/aromatic N) is 2. The fraction of sp³-hybridized carbons (Fsp3) is 0.250. The number of carbonyl (C=O) groups is 1. The minimum absolute atomic E-state index is 0.0126. The summed E-state index contributed by atoms with van der Waals surface area (Å²) in [6.07, 6.45) is 1.20. The topological polar surface area (TPSA) is 77.2 Å². The summed E-state index contributed by atoms with van der Waals surface area (Å²) in [7, 11) is 0. The molecule has 0 bridgehead atoms. The van der Waals surface area contributed by atoms with Gasteiger partial charge >= 0.3 is 0 Å². The average Bonchev–Trinajstić information content (AvgIpc) is 3.25. The van der Waals surface area contributed by atoms with Gasteiger partial charge in [0.2, 0.25) is 5.76 Å². The third-order valence-electron chi connectivity index (χ3n) is 4.67. The minimum Gasteiger partial charge on any atom is -0.366 e. The molecule has 1 aliphatic rings. The van der Waals surface area contributed by atoms with Crippen LogP contribution < -0.4 is 5.32 Å². The number of carbonyl (C=O) groups excluding carboxylic acids is 1. The first-order valence-corrected chi connectivity index (χ1v) is 9.00. The number of halogens is 4. The lowest BCUT2D eigenvalue weighted by molar-refractivity contribution is -0.146. The van der Waals surface area contributed by atoms with E-state index < -0.39 is 42.6 Å². The van der Waals surface area contributed by atoms with Gasteiger partial charge in [-0.05, 0) is 30.7 Å². The molecule has 4 rings (SSSR count). The van der Waals surface area contributed by atoms with Crippen molar-refractivity contribution in [2.24, 2.45) is 0 Å². The summed E-state index contributed by atoms with van der Waals surface area (Å²) in [5.74, 6) is -5.25. The highest BCUT2D eigenvalue weighted by atomic mass is 19.3. The second-order valence-electron chi connectivity index (χ2n) is 6.77. The van der Waals surface area contributed by atoms with Crippen LogP contribution in [0.15, 0.2) is 47.2 Å². The molecule has 3 aromatic rings. The molecule has 0 saturated carbocycles. The Bertz CT molecular complexity index is 1060. The van der Waals surface area contributed by atoms with Gasteiger partial charge in [0.25, 0.3) is 11.8 Å². The summed E-state index contributed by atoms with van der Waals surface area (Å²) in [6, 6.07) is 5.57. The summed E-state index contributed by atoms with van der Waals surface area (Å²) < 4.78 is 65.4. The number of aromatic nitrogens is 2. The molecule has 1 atom stereocenters. The molecule has 1 aliphatic heterocycles. The first-order valence-electron chi connectivity index (χ1n) is 9.00. The van der Waals surface area contributed by atoms with Gasteiger partial charge in [-0.1, -0.05) is 5.16 Å². The Morgan fingerprint density at radius 2 is 1.97 bits per heavy atom. The quantitative estimate of drug-likeness (QED) is 0.615. The average molecular weight is 421 g/mol. The molecule has 1 aromatic carbocycles. The van der Waals surface area contributed by atoms with Gasteiger partial charge < -0.3 is 14.6 Å². The van der Waals surface area contributed by atoms with Crippen LogP contribution in [0.3, 0.4) is 0 Å². The molecule has 6 nitrogen and oxygen atoms in total. The van der Waals surface area contributed by atoms with Gasteiger partial charge in [0.1, 0.15) is 24.3 Å². The minimum atomic E-state index is -2.97. The lowest BCUT2D eigenvalue weighted by Gasteiger charge is -2.30. The number of amides is 1. The smallest absolute Gasteiger partial charge is 0.294 e. The summed E-state index contributed by atoms with van der Waals surface area (Å²) >= 11 is 0. The number of pyridine rings is 1. The van der Waals surface area contributed by atoms with Crippen LogP contribution >= 0.6 is 0 Å². The number of hydrogen-bond donors (Lipinski definition) is 1. The number of rotatable bonds is 4. The highest BCUT2D eigenvalue weighted by molar-refractivity contribution is 6.05. The molecule has 10 heteroatoms. The van der Waals surface area contributed by atoms with Gasteiger partial charge in [0.05, 0.1) is 17.6 Å². The molecule has 156 valence electrons. The van der Waals surface area contributed by atoms with E-state index in [9.17, 15) is 22.4 Å². The fourth-order valence-corrected chi connectivity index (χ4v) is 3.23. The van der Waals surface area contributed by atoms with Crippen LogP contribution in [0, 0.1) is 11.6 Å². The van der Waals surface area contributed by atoms with Crippen molar-refractivity contribution < 1.29 is 31.6 Å². The molecule has 3 heterocycles. The van der Waals surface area contributed by atoms with Crippen LogP contribution in [0.5, 0.6) is 0 Å². The van der Waals surface area contributed by atoms with E-state index in [1.54, 1.807) is 0 Å². The molecule has 0 radical (unpaired) electrons. The van der Waals surface area contributed by atoms with Gasteiger partial charge in [0.15, 0.2) is 0 Å². The van der Waals surface area contributed by atoms with Crippen molar-refractivity contribution in [2.45, 2.75) is 24.9 Å². The number of hydrogen-bond acceptors (Lipinski definition) is 5. The summed E-state index contributed by atoms with van der Waals surface area (Å²) in [6.45, 7) is -0.812. The Hall–Kier alpha value is -3.27. The van der Waals surface area contributed by atoms with E-state index in [0.717, 1.165) is 18.2 Å². The lowest BCUT2D eigenvalue weighted by Crippen LogP contribution is -2.31. The Kier molecular flexibility index (Phi) is 5.25. The van der Waals surface area contributed by atoms with E-state index in [-0.39, 0.29) is 34.7 Å². The third kappa shape index (κ3) is 4.04. The predicted octanol–water partition coefficient (Wildman–Crippen LogP) is 4.75. The van der Waals surface area contributed by atoms with Gasteiger partial charge in [0, 0.05) is 29.8 Å². The molecular weight excluding hydrogens is 406 g/mol. The zero-order valence-corrected chi connectivity index (χ0v) is 15.4. The largest absolute Gasteiger partial charge is 0.366 e. The van der Waals surface area contributed by atoms with Crippen molar-refractivity contribution in [2.75, 3.05) is 11.9 Å². The van der Waals surface area contributed by atoms with Crippen molar-refractivity contribution in [1.82, 2.24) is 10.1 Å². The normalized spacial score (nSPS) is 18.2. The Morgan fingerprint density at radius 1 is 1.13 bits per heavy atom. The van der Waals surface area contributed by atoms with E-state index in [0.29, 0.717) is 0 Å². The van der Waals surface area contributed by atoms with Gasteiger partial charge in [-0.3, -0.25) is 9.78 Å². The third-order valence-corrected chi connectivity index (χ3v) is 4.67. The lowest BCUT2D eigenvalue weighted by atomic mass is 9.97. The summed E-state index contributed by atoms with van der Waals surface area (Å²) in [5, 5.41) is 6.00. The van der Waals surface area contributed by atoms with E-state index in [4.69, 9.17) is 9.26 Å². The van der Waals surface area contributed by atoms with Crippen LogP contribution in [-0.4, -0.2) is 28.6 Å². The number of nitrogens with one attached hydrogen (secondary N) is 1. The van der Waals surface area contributed by atoms with Crippen LogP contribution in [-0.2, 0) is 4.74 Å². The van der Waals surface area contributed by atoms with E-state index in [1.807, 2.05) is 0 Å². The number of ether oxygens (including phenoxy) is 1. The van der Waals surface area contributed by atoms with Crippen LogP contribution in [0.1, 0.15) is 35.2 Å². The second-order valence-corrected chi connectivity index (χ2v) is 6.77. The SMILES string of the molecule is O=C(Nc1c(-c2cc(F)ccc2F)ccnc1[C@H]1CCC(F)(F)CO1)c1ccno1. The van der Waals surface area contributed by atoms with Crippen molar-refractivity contribution in [3.63, 3.8) is 0 Å². The molecule has 0 aliphatic carbocycles. The second kappa shape index (κ2) is 7.86. The monoisotopic (exact) mass is 421 g/mol. The number of benzene rings is 1. The summed E-state index contributed by atoms with van der Waals surface area (Å²) in [4.78, 5) is 16.7. The number of anilines is 1. The molecule has 0 unspecified atom stereocenters. The molecule has 30 heavy (non-hydrogen) atoms. The molecule has 1 fully saturated rings. The molecular formula is C20H15F4N3O3. The Balaban J connectivity index is 1.80. The molecule has 0 spiro atoms. The van der Waals surface area contributed by atoms with Gasteiger partial charge in [-0.15, -0.1) is 0 Å². The van der Waals surface area contributed by atoms with Gasteiger partial charge in [-0.25, -0.2) is 17.6 Å². The molecule has 1 saturated heterocycles. The van der Waals surface area contributed by atoms with Crippen LogP contribution in [0.4, 0.5) is 23.2 Å². The standard InChI is InChI=1S/C20H15F4N3O3/c21-11-1-2-14(22)13(9-11)12-4-7-25-18(15-3-6-20(23,24)10-29-15)17(12)27-19(28)16-5-8-26-30-16/h1-2,4-5,7-9,15H,3,6,10H2,(H,27,28)/t15-/m1/s1. The summed E-state index contributed by atoms with van der Waals surface area (Å²) in [5.41, 5.74) is 0.122. The van der Waals surface area contributed by atoms with E-state index in [1.165, 1.54) is 24.5 Å². The maximum atomic E-state index is 14.5. The number of alkyl halides is 2. The predicted molar refractivity (Wildman–Crippen MR) is 96.9 cm³/mol. The van der Waals surface area contributed by atoms with Crippen LogP contribution in [0.25, 0.3) is 11.1 Å². The maximum Gasteiger partial charge on any atom is 0.294 e.